The summed E-state index contributed by atoms with van der Waals surface area (Å²) in [7, 11) is 1.78. The first-order valence-corrected chi connectivity index (χ1v) is 7.80. The van der Waals surface area contributed by atoms with Crippen LogP contribution >= 0.6 is 11.6 Å². The molecule has 1 atom stereocenters. The Kier molecular flexibility index (Phi) is 6.44. The van der Waals surface area contributed by atoms with Gasteiger partial charge in [-0.3, -0.25) is 9.69 Å². The quantitative estimate of drug-likeness (QED) is 0.796. The van der Waals surface area contributed by atoms with Crippen LogP contribution in [0.15, 0.2) is 54.6 Å². The van der Waals surface area contributed by atoms with Crippen LogP contribution in [-0.4, -0.2) is 36.1 Å². The average molecular weight is 334 g/mol. The fraction of sp³-hybridized carbons (Fsp3) is 0.278. The second-order valence-corrected chi connectivity index (χ2v) is 5.77. The Balaban J connectivity index is 2.10. The zero-order valence-electron chi connectivity index (χ0n) is 13.0. The van der Waals surface area contributed by atoms with E-state index in [-0.39, 0.29) is 12.6 Å². The lowest BCUT2D eigenvalue weighted by atomic mass is 10.1. The molecule has 5 heteroatoms. The molecule has 23 heavy (non-hydrogen) atoms. The zero-order valence-corrected chi connectivity index (χ0v) is 13.7. The molecule has 0 saturated carbocycles. The summed E-state index contributed by atoms with van der Waals surface area (Å²) in [6.45, 7) is 0.615. The van der Waals surface area contributed by atoms with E-state index in [1.165, 1.54) is 0 Å². The maximum atomic E-state index is 10.8. The van der Waals surface area contributed by atoms with E-state index in [4.69, 9.17) is 21.4 Å². The number of aliphatic carboxylic acids is 1. The number of carbonyl (C=O) groups is 1. The molecular weight excluding hydrogens is 314 g/mol. The van der Waals surface area contributed by atoms with Crippen LogP contribution in [0, 0.1) is 0 Å². The number of benzene rings is 2. The van der Waals surface area contributed by atoms with Gasteiger partial charge in [0.2, 0.25) is 0 Å². The molecule has 2 aromatic carbocycles. The van der Waals surface area contributed by atoms with Gasteiger partial charge in [0.05, 0.1) is 11.6 Å². The van der Waals surface area contributed by atoms with Crippen molar-refractivity contribution in [1.82, 2.24) is 4.90 Å². The van der Waals surface area contributed by atoms with Crippen LogP contribution in [0.3, 0.4) is 0 Å². The first-order valence-electron chi connectivity index (χ1n) is 7.42. The fourth-order valence-corrected chi connectivity index (χ4v) is 2.48. The number of hydrogen-bond donors (Lipinski definition) is 1. The highest BCUT2D eigenvalue weighted by Gasteiger charge is 2.16. The van der Waals surface area contributed by atoms with E-state index in [2.05, 4.69) is 0 Å². The second kappa shape index (κ2) is 8.56. The van der Waals surface area contributed by atoms with Crippen molar-refractivity contribution >= 4 is 17.6 Å². The third kappa shape index (κ3) is 5.58. The minimum Gasteiger partial charge on any atom is -0.484 e. The van der Waals surface area contributed by atoms with Crippen LogP contribution in [0.1, 0.15) is 18.1 Å². The van der Waals surface area contributed by atoms with Crippen molar-refractivity contribution in [2.24, 2.45) is 0 Å². The molecule has 0 aromatic heterocycles. The van der Waals surface area contributed by atoms with Crippen LogP contribution in [-0.2, 0) is 4.79 Å². The van der Waals surface area contributed by atoms with E-state index < -0.39 is 5.97 Å². The number of ether oxygens (including phenoxy) is 1. The minimum atomic E-state index is -0.837. The fourth-order valence-electron chi connectivity index (χ4n) is 2.30. The highest BCUT2D eigenvalue weighted by Crippen LogP contribution is 2.30. The molecule has 1 N–H and O–H groups in total. The average Bonchev–Trinajstić information content (AvgIpc) is 2.53. The van der Waals surface area contributed by atoms with Gasteiger partial charge in [0.25, 0.3) is 0 Å². The monoisotopic (exact) mass is 333 g/mol. The van der Waals surface area contributed by atoms with Crippen molar-refractivity contribution in [3.8, 4) is 5.75 Å². The maximum absolute atomic E-state index is 10.8. The van der Waals surface area contributed by atoms with E-state index in [9.17, 15) is 4.79 Å². The van der Waals surface area contributed by atoms with Gasteiger partial charge in [-0.2, -0.15) is 0 Å². The van der Waals surface area contributed by atoms with Crippen molar-refractivity contribution in [2.75, 3.05) is 20.1 Å². The molecule has 0 fully saturated rings. The summed E-state index contributed by atoms with van der Waals surface area (Å²) in [6.07, 6.45) is 0.478. The Bertz CT molecular complexity index is 633. The molecule has 0 radical (unpaired) electrons. The summed E-state index contributed by atoms with van der Waals surface area (Å²) in [4.78, 5) is 12.5. The minimum absolute atomic E-state index is 0.00754. The number of carboxylic acids is 1. The Labute approximate surface area is 141 Å². The Hall–Kier alpha value is -2.04. The second-order valence-electron chi connectivity index (χ2n) is 5.37. The predicted octanol–water partition coefficient (Wildman–Crippen LogP) is 3.87. The van der Waals surface area contributed by atoms with Crippen LogP contribution in [0.2, 0.25) is 5.02 Å². The number of likely N-dealkylation sites (N-methyl/N-ethyl adjacent to an activating group) is 1. The van der Waals surface area contributed by atoms with E-state index in [0.717, 1.165) is 5.56 Å². The largest absolute Gasteiger partial charge is 0.484 e. The van der Waals surface area contributed by atoms with Gasteiger partial charge in [-0.1, -0.05) is 54.1 Å². The molecule has 122 valence electrons. The topological polar surface area (TPSA) is 49.8 Å². The molecule has 0 aliphatic carbocycles. The summed E-state index contributed by atoms with van der Waals surface area (Å²) in [5.74, 6) is -0.209. The van der Waals surface area contributed by atoms with E-state index in [1.54, 1.807) is 18.0 Å². The summed E-state index contributed by atoms with van der Waals surface area (Å²) < 4.78 is 6.08. The summed E-state index contributed by atoms with van der Waals surface area (Å²) in [5.41, 5.74) is 1.04. The molecule has 2 rings (SSSR count). The Morgan fingerprint density at radius 2 is 1.83 bits per heavy atom. The first kappa shape index (κ1) is 17.3. The number of nitrogens with zero attached hydrogens (tertiary/aromatic N) is 1. The first-order chi connectivity index (χ1) is 11.1. The van der Waals surface area contributed by atoms with Gasteiger partial charge < -0.3 is 9.84 Å². The van der Waals surface area contributed by atoms with Crippen molar-refractivity contribution in [1.29, 1.82) is 0 Å². The Morgan fingerprint density at radius 3 is 2.48 bits per heavy atom. The normalized spacial score (nSPS) is 12.1. The lowest BCUT2D eigenvalue weighted by molar-refractivity contribution is -0.138. The van der Waals surface area contributed by atoms with Crippen molar-refractivity contribution in [2.45, 2.75) is 12.5 Å². The summed E-state index contributed by atoms with van der Waals surface area (Å²) in [5, 5.41) is 9.41. The summed E-state index contributed by atoms with van der Waals surface area (Å²) >= 11 is 6.17. The molecule has 0 aliphatic heterocycles. The lowest BCUT2D eigenvalue weighted by Gasteiger charge is -2.23. The van der Waals surface area contributed by atoms with Gasteiger partial charge in [0.1, 0.15) is 11.9 Å². The van der Waals surface area contributed by atoms with Gasteiger partial charge >= 0.3 is 5.97 Å². The molecule has 0 spiro atoms. The molecular formula is C18H20ClNO3. The molecule has 4 nitrogen and oxygen atoms in total. The predicted molar refractivity (Wildman–Crippen MR) is 91.0 cm³/mol. The number of hydrogen-bond acceptors (Lipinski definition) is 3. The maximum Gasteiger partial charge on any atom is 0.317 e. The third-order valence-electron chi connectivity index (χ3n) is 3.46. The third-order valence-corrected chi connectivity index (χ3v) is 3.77. The highest BCUT2D eigenvalue weighted by molar-refractivity contribution is 6.32. The molecule has 0 heterocycles. The van der Waals surface area contributed by atoms with Gasteiger partial charge in [-0.25, -0.2) is 0 Å². The van der Waals surface area contributed by atoms with Gasteiger partial charge in [-0.05, 0) is 24.7 Å². The smallest absolute Gasteiger partial charge is 0.317 e. The number of rotatable bonds is 8. The zero-order chi connectivity index (χ0) is 16.7. The molecule has 0 aliphatic rings. The van der Waals surface area contributed by atoms with Gasteiger partial charge in [0, 0.05) is 13.0 Å². The van der Waals surface area contributed by atoms with Crippen molar-refractivity contribution in [3.05, 3.63) is 65.2 Å². The molecule has 2 aromatic rings. The van der Waals surface area contributed by atoms with Crippen LogP contribution < -0.4 is 4.74 Å². The van der Waals surface area contributed by atoms with E-state index in [1.807, 2.05) is 48.5 Å². The standard InChI is InChI=1S/C18H20ClNO3/c1-20(13-18(21)22)12-11-16(14-7-3-2-4-8-14)23-17-10-6-5-9-15(17)19/h2-10,16H,11-13H2,1H3,(H,21,22)/t16-/m1/s1. The van der Waals surface area contributed by atoms with Crippen LogP contribution in [0.25, 0.3) is 0 Å². The Morgan fingerprint density at radius 1 is 1.17 bits per heavy atom. The summed E-state index contributed by atoms with van der Waals surface area (Å²) in [6, 6.07) is 17.2. The number of carboxylic acid groups (broad SMARTS) is 1. The molecule has 0 saturated heterocycles. The van der Waals surface area contributed by atoms with E-state index >= 15 is 0 Å². The highest BCUT2D eigenvalue weighted by atomic mass is 35.5. The van der Waals surface area contributed by atoms with Crippen LogP contribution in [0.5, 0.6) is 5.75 Å². The van der Waals surface area contributed by atoms with Gasteiger partial charge in [0.15, 0.2) is 0 Å². The van der Waals surface area contributed by atoms with Crippen molar-refractivity contribution in [3.63, 3.8) is 0 Å². The van der Waals surface area contributed by atoms with Gasteiger partial charge in [-0.15, -0.1) is 0 Å². The van der Waals surface area contributed by atoms with Crippen molar-refractivity contribution < 1.29 is 14.6 Å². The molecule has 0 bridgehead atoms. The lowest BCUT2D eigenvalue weighted by Crippen LogP contribution is -2.28. The van der Waals surface area contributed by atoms with E-state index in [0.29, 0.717) is 23.7 Å². The molecule has 0 amide bonds. The van der Waals surface area contributed by atoms with Crippen LogP contribution in [0.4, 0.5) is 0 Å². The molecule has 0 unspecified atom stereocenters. The SMILES string of the molecule is CN(CC[C@@H](Oc1ccccc1Cl)c1ccccc1)CC(=O)O. The number of halogens is 1. The number of para-hydroxylation sites is 1.